The topological polar surface area (TPSA) is 59.9 Å². The molecule has 0 unspecified atom stereocenters. The van der Waals surface area contributed by atoms with E-state index in [1.807, 2.05) is 13.8 Å². The summed E-state index contributed by atoms with van der Waals surface area (Å²) in [6, 6.07) is 3.05. The lowest BCUT2D eigenvalue weighted by atomic mass is 10.3. The molecule has 2 aromatic rings. The number of aromatic nitrogens is 3. The third kappa shape index (κ3) is 6.38. The van der Waals surface area contributed by atoms with Crippen LogP contribution in [0.3, 0.4) is 0 Å². The fraction of sp³-hybridized carbons (Fsp3) is 0.364. The summed E-state index contributed by atoms with van der Waals surface area (Å²) in [5, 5.41) is 0.0487. The molecule has 0 spiro atoms. The number of alkyl halides is 3. The summed E-state index contributed by atoms with van der Waals surface area (Å²) in [4.78, 5) is 10.1. The summed E-state index contributed by atoms with van der Waals surface area (Å²) in [5.41, 5.74) is 2.13. The lowest BCUT2D eigenvalue weighted by Crippen LogP contribution is -2.11. The number of rotatable bonds is 1. The first-order valence-corrected chi connectivity index (χ1v) is 6.38. The molecule has 10 heteroatoms. The monoisotopic (exact) mass is 344 g/mol. The molecule has 0 aromatic carbocycles. The molecule has 0 aliphatic rings. The van der Waals surface area contributed by atoms with E-state index in [2.05, 4.69) is 36.7 Å². The zero-order valence-electron chi connectivity index (χ0n) is 11.4. The maximum absolute atomic E-state index is 12.3. The average Bonchev–Trinajstić information content (AvgIpc) is 2.48. The Bertz CT molecular complexity index is 552. The SMILES string of the molecule is CC.CNOCl.FC(F)(F)c1nc(Cl)c2cccnc2n1. The zero-order valence-corrected chi connectivity index (χ0v) is 12.9. The number of hydroxylamine groups is 1. The molecule has 21 heavy (non-hydrogen) atoms. The molecule has 0 radical (unpaired) electrons. The molecule has 0 aliphatic carbocycles. The van der Waals surface area contributed by atoms with Crippen LogP contribution in [0.5, 0.6) is 0 Å². The summed E-state index contributed by atoms with van der Waals surface area (Å²) in [6.07, 6.45) is -3.28. The second-order valence-electron chi connectivity index (χ2n) is 2.99. The molecule has 1 N–H and O–H groups in total. The summed E-state index contributed by atoms with van der Waals surface area (Å²) in [7, 11) is 1.58. The molecule has 2 rings (SSSR count). The van der Waals surface area contributed by atoms with Gasteiger partial charge in [0.05, 0.1) is 17.3 Å². The summed E-state index contributed by atoms with van der Waals surface area (Å²) >= 11 is 10.2. The third-order valence-electron chi connectivity index (χ3n) is 1.76. The van der Waals surface area contributed by atoms with Gasteiger partial charge in [-0.15, -0.1) is 0 Å². The number of hydrogen-bond acceptors (Lipinski definition) is 5. The Kier molecular flexibility index (Phi) is 9.11. The second kappa shape index (κ2) is 9.67. The Morgan fingerprint density at radius 2 is 1.81 bits per heavy atom. The minimum atomic E-state index is -4.62. The molecule has 0 bridgehead atoms. The van der Waals surface area contributed by atoms with Crippen LogP contribution in [-0.4, -0.2) is 22.0 Å². The predicted octanol–water partition coefficient (Wildman–Crippen LogP) is 4.01. The van der Waals surface area contributed by atoms with Gasteiger partial charge in [0.1, 0.15) is 5.15 Å². The van der Waals surface area contributed by atoms with Crippen molar-refractivity contribution < 1.29 is 17.6 Å². The normalized spacial score (nSPS) is 10.3. The van der Waals surface area contributed by atoms with Gasteiger partial charge in [-0.1, -0.05) is 25.4 Å². The lowest BCUT2D eigenvalue weighted by Gasteiger charge is -2.05. The molecule has 5 nitrogen and oxygen atoms in total. The third-order valence-corrected chi connectivity index (χ3v) is 2.20. The van der Waals surface area contributed by atoms with Gasteiger partial charge in [0.15, 0.2) is 5.65 Å². The molecule has 0 atom stereocenters. The maximum Gasteiger partial charge on any atom is 0.451 e. The van der Waals surface area contributed by atoms with Gasteiger partial charge in [-0.3, -0.25) is 0 Å². The molecule has 0 amide bonds. The van der Waals surface area contributed by atoms with Crippen LogP contribution < -0.4 is 5.48 Å². The molecular weight excluding hydrogens is 332 g/mol. The van der Waals surface area contributed by atoms with E-state index in [0.717, 1.165) is 0 Å². The van der Waals surface area contributed by atoms with Crippen LogP contribution in [0.2, 0.25) is 5.15 Å². The zero-order chi connectivity index (χ0) is 16.5. The molecule has 2 heterocycles. The van der Waals surface area contributed by atoms with E-state index in [1.54, 1.807) is 13.1 Å². The van der Waals surface area contributed by atoms with Gasteiger partial charge in [-0.05, 0) is 12.1 Å². The largest absolute Gasteiger partial charge is 0.451 e. The number of nitrogens with zero attached hydrogens (tertiary/aromatic N) is 3. The highest BCUT2D eigenvalue weighted by Crippen LogP contribution is 2.29. The Hall–Kier alpha value is -1.22. The Morgan fingerprint density at radius 3 is 2.29 bits per heavy atom. The molecule has 0 saturated carbocycles. The molecule has 0 aliphatic heterocycles. The van der Waals surface area contributed by atoms with Gasteiger partial charge in [-0.2, -0.15) is 23.0 Å². The van der Waals surface area contributed by atoms with Gasteiger partial charge in [0.2, 0.25) is 5.82 Å². The quantitative estimate of drug-likeness (QED) is 0.625. The molecule has 2 aromatic heterocycles. The van der Waals surface area contributed by atoms with Crippen molar-refractivity contribution in [3.63, 3.8) is 0 Å². The fourth-order valence-corrected chi connectivity index (χ4v) is 1.28. The Balaban J connectivity index is 0.000000579. The van der Waals surface area contributed by atoms with E-state index in [9.17, 15) is 13.2 Å². The summed E-state index contributed by atoms with van der Waals surface area (Å²) in [5.74, 6) is -1.28. The number of hydrogen-bond donors (Lipinski definition) is 1. The van der Waals surface area contributed by atoms with Gasteiger partial charge < -0.3 is 0 Å². The van der Waals surface area contributed by atoms with Crippen LogP contribution in [0.1, 0.15) is 19.7 Å². The first kappa shape index (κ1) is 19.8. The van der Waals surface area contributed by atoms with Crippen molar-refractivity contribution in [1.82, 2.24) is 20.4 Å². The number of halogens is 5. The number of pyridine rings is 1. The van der Waals surface area contributed by atoms with Crippen molar-refractivity contribution in [2.75, 3.05) is 7.05 Å². The van der Waals surface area contributed by atoms with Crippen molar-refractivity contribution in [3.05, 3.63) is 29.3 Å². The van der Waals surface area contributed by atoms with Gasteiger partial charge in [0, 0.05) is 13.2 Å². The predicted molar refractivity (Wildman–Crippen MR) is 74.7 cm³/mol. The van der Waals surface area contributed by atoms with Gasteiger partial charge >= 0.3 is 6.18 Å². The highest BCUT2D eigenvalue weighted by Gasteiger charge is 2.35. The van der Waals surface area contributed by atoms with Crippen LogP contribution >= 0.6 is 23.5 Å². The molecular formula is C11H13Cl2F3N4O. The van der Waals surface area contributed by atoms with E-state index in [4.69, 9.17) is 11.6 Å². The van der Waals surface area contributed by atoms with Crippen molar-refractivity contribution >= 4 is 34.5 Å². The highest BCUT2D eigenvalue weighted by molar-refractivity contribution is 6.33. The van der Waals surface area contributed by atoms with Crippen molar-refractivity contribution in [3.8, 4) is 0 Å². The molecule has 0 fully saturated rings. The Labute approximate surface area is 129 Å². The van der Waals surface area contributed by atoms with E-state index in [0.29, 0.717) is 5.39 Å². The summed E-state index contributed by atoms with van der Waals surface area (Å²) < 4.78 is 40.6. The minimum Gasteiger partial charge on any atom is -0.236 e. The van der Waals surface area contributed by atoms with Crippen LogP contribution in [0, 0.1) is 0 Å². The standard InChI is InChI=1S/C8H3ClF3N3.C2H6.CH4ClNO/c9-5-4-2-1-3-13-6(4)15-7(14-5)8(10,11)12;1-2;1-3-4-2/h1-3H;1-2H3;3H,1H3. The smallest absolute Gasteiger partial charge is 0.236 e. The molecule has 118 valence electrons. The van der Waals surface area contributed by atoms with Gasteiger partial charge in [-0.25, -0.2) is 15.0 Å². The van der Waals surface area contributed by atoms with Crippen molar-refractivity contribution in [1.29, 1.82) is 0 Å². The first-order chi connectivity index (χ1) is 9.90. The van der Waals surface area contributed by atoms with Crippen LogP contribution in [0.4, 0.5) is 13.2 Å². The van der Waals surface area contributed by atoms with Crippen molar-refractivity contribution in [2.45, 2.75) is 20.0 Å². The van der Waals surface area contributed by atoms with E-state index >= 15 is 0 Å². The molecule has 0 saturated heterocycles. The Morgan fingerprint density at radius 1 is 1.24 bits per heavy atom. The van der Waals surface area contributed by atoms with Crippen LogP contribution in [-0.2, 0) is 10.6 Å². The summed E-state index contributed by atoms with van der Waals surface area (Å²) in [6.45, 7) is 4.00. The van der Waals surface area contributed by atoms with Crippen molar-refractivity contribution in [2.24, 2.45) is 0 Å². The van der Waals surface area contributed by atoms with E-state index in [1.165, 1.54) is 12.3 Å². The number of fused-ring (bicyclic) bond motifs is 1. The average molecular weight is 345 g/mol. The van der Waals surface area contributed by atoms with E-state index in [-0.39, 0.29) is 10.8 Å². The van der Waals surface area contributed by atoms with Crippen LogP contribution in [0.25, 0.3) is 11.0 Å². The maximum atomic E-state index is 12.3. The first-order valence-electron chi connectivity index (χ1n) is 5.70. The fourth-order valence-electron chi connectivity index (χ4n) is 1.05. The van der Waals surface area contributed by atoms with Gasteiger partial charge in [0.25, 0.3) is 0 Å². The lowest BCUT2D eigenvalue weighted by molar-refractivity contribution is -0.144. The second-order valence-corrected chi connectivity index (χ2v) is 3.50. The highest BCUT2D eigenvalue weighted by atomic mass is 35.5. The number of nitrogens with one attached hydrogen (secondary N) is 1. The van der Waals surface area contributed by atoms with Crippen LogP contribution in [0.15, 0.2) is 18.3 Å². The van der Waals surface area contributed by atoms with E-state index < -0.39 is 12.0 Å². The minimum absolute atomic E-state index is 0.0650.